The molecule has 0 aliphatic heterocycles. The molecule has 0 atom stereocenters. The van der Waals surface area contributed by atoms with Gasteiger partial charge >= 0.3 is 16.2 Å². The second kappa shape index (κ2) is 7.81. The lowest BCUT2D eigenvalue weighted by Crippen LogP contribution is -2.46. The van der Waals surface area contributed by atoms with E-state index in [1.54, 1.807) is 24.4 Å². The summed E-state index contributed by atoms with van der Waals surface area (Å²) in [5, 5.41) is 2.49. The van der Waals surface area contributed by atoms with Crippen LogP contribution in [0.15, 0.2) is 24.4 Å². The van der Waals surface area contributed by atoms with Crippen LogP contribution in [-0.2, 0) is 16.8 Å². The van der Waals surface area contributed by atoms with E-state index < -0.39 is 16.2 Å². The first-order valence-electron chi connectivity index (χ1n) is 6.37. The Balaban J connectivity index is 2.53. The third-order valence-electron chi connectivity index (χ3n) is 2.56. The minimum absolute atomic E-state index is 0.0956. The Morgan fingerprint density at radius 3 is 2.75 bits per heavy atom. The zero-order valence-electron chi connectivity index (χ0n) is 11.7. The van der Waals surface area contributed by atoms with Gasteiger partial charge in [0.05, 0.1) is 12.2 Å². The van der Waals surface area contributed by atoms with Gasteiger partial charge in [0.25, 0.3) is 0 Å². The van der Waals surface area contributed by atoms with Crippen LogP contribution >= 0.6 is 0 Å². The third kappa shape index (κ3) is 5.54. The van der Waals surface area contributed by atoms with Crippen LogP contribution in [0.5, 0.6) is 0 Å². The van der Waals surface area contributed by atoms with Crippen molar-refractivity contribution in [1.29, 1.82) is 0 Å². The van der Waals surface area contributed by atoms with Gasteiger partial charge < -0.3 is 5.32 Å². The van der Waals surface area contributed by atoms with E-state index in [2.05, 4.69) is 10.3 Å². The van der Waals surface area contributed by atoms with E-state index >= 15 is 0 Å². The molecule has 8 heteroatoms. The fraction of sp³-hybridized carbons (Fsp3) is 0.500. The standard InChI is InChI=1S/C12H20N4O3S/c1-3-4-8-14-12(17)15-20(18,19)16(2)10-11-7-5-6-9-13-11/h5-7,9H,3-4,8,10H2,1-2H3,(H2,14,15,17). The van der Waals surface area contributed by atoms with E-state index in [0.29, 0.717) is 12.2 Å². The summed E-state index contributed by atoms with van der Waals surface area (Å²) in [6.45, 7) is 2.52. The molecule has 112 valence electrons. The lowest BCUT2D eigenvalue weighted by Gasteiger charge is -2.17. The molecule has 0 saturated heterocycles. The Morgan fingerprint density at radius 1 is 1.40 bits per heavy atom. The van der Waals surface area contributed by atoms with Gasteiger partial charge in [-0.2, -0.15) is 12.7 Å². The number of hydrogen-bond donors (Lipinski definition) is 2. The highest BCUT2D eigenvalue weighted by molar-refractivity contribution is 7.87. The molecule has 0 aromatic carbocycles. The van der Waals surface area contributed by atoms with Crippen molar-refractivity contribution in [3.05, 3.63) is 30.1 Å². The van der Waals surface area contributed by atoms with Crippen molar-refractivity contribution >= 4 is 16.2 Å². The number of nitrogens with zero attached hydrogens (tertiary/aromatic N) is 2. The molecule has 0 fully saturated rings. The fourth-order valence-electron chi connectivity index (χ4n) is 1.41. The van der Waals surface area contributed by atoms with E-state index in [4.69, 9.17) is 0 Å². The van der Waals surface area contributed by atoms with Crippen molar-refractivity contribution in [1.82, 2.24) is 19.3 Å². The summed E-state index contributed by atoms with van der Waals surface area (Å²) in [7, 11) is -2.48. The molecule has 0 unspecified atom stereocenters. The van der Waals surface area contributed by atoms with Gasteiger partial charge in [0.2, 0.25) is 0 Å². The average molecular weight is 300 g/mol. The molecular formula is C12H20N4O3S. The summed E-state index contributed by atoms with van der Waals surface area (Å²) in [4.78, 5) is 15.5. The predicted octanol–water partition coefficient (Wildman–Crippen LogP) is 0.858. The predicted molar refractivity (Wildman–Crippen MR) is 76.1 cm³/mol. The van der Waals surface area contributed by atoms with Gasteiger partial charge in [-0.25, -0.2) is 9.52 Å². The second-order valence-electron chi connectivity index (χ2n) is 4.29. The first kappa shape index (κ1) is 16.4. The zero-order valence-corrected chi connectivity index (χ0v) is 12.5. The highest BCUT2D eigenvalue weighted by Gasteiger charge is 2.20. The molecule has 1 aromatic rings. The van der Waals surface area contributed by atoms with Crippen molar-refractivity contribution in [2.24, 2.45) is 0 Å². The smallest absolute Gasteiger partial charge is 0.329 e. The van der Waals surface area contributed by atoms with Crippen molar-refractivity contribution in [3.63, 3.8) is 0 Å². The van der Waals surface area contributed by atoms with Gasteiger partial charge in [0, 0.05) is 19.8 Å². The molecule has 2 N–H and O–H groups in total. The Labute approximate surface area is 119 Å². The summed E-state index contributed by atoms with van der Waals surface area (Å²) in [6.07, 6.45) is 3.31. The van der Waals surface area contributed by atoms with Crippen molar-refractivity contribution in [2.45, 2.75) is 26.3 Å². The number of amides is 2. The van der Waals surface area contributed by atoms with Gasteiger partial charge in [0.1, 0.15) is 0 Å². The number of carbonyl (C=O) groups is 1. The Hall–Kier alpha value is -1.67. The molecule has 0 aliphatic rings. The molecule has 20 heavy (non-hydrogen) atoms. The minimum Gasteiger partial charge on any atom is -0.337 e. The molecule has 0 aliphatic carbocycles. The van der Waals surface area contributed by atoms with Crippen LogP contribution < -0.4 is 10.0 Å². The maximum atomic E-state index is 11.9. The monoisotopic (exact) mass is 300 g/mol. The topological polar surface area (TPSA) is 91.4 Å². The highest BCUT2D eigenvalue weighted by atomic mass is 32.2. The molecule has 1 aromatic heterocycles. The number of nitrogens with one attached hydrogen (secondary N) is 2. The third-order valence-corrected chi connectivity index (χ3v) is 3.95. The van der Waals surface area contributed by atoms with Crippen LogP contribution in [0.1, 0.15) is 25.5 Å². The molecule has 0 saturated carbocycles. The van der Waals surface area contributed by atoms with Crippen molar-refractivity contribution < 1.29 is 13.2 Å². The molecule has 0 bridgehead atoms. The molecule has 2 amide bonds. The molecular weight excluding hydrogens is 280 g/mol. The summed E-state index contributed by atoms with van der Waals surface area (Å²) in [5.74, 6) is 0. The summed E-state index contributed by atoms with van der Waals surface area (Å²) >= 11 is 0. The first-order valence-corrected chi connectivity index (χ1v) is 7.81. The lowest BCUT2D eigenvalue weighted by molar-refractivity contribution is 0.245. The van der Waals surface area contributed by atoms with Crippen LogP contribution in [0.3, 0.4) is 0 Å². The van der Waals surface area contributed by atoms with Crippen molar-refractivity contribution in [2.75, 3.05) is 13.6 Å². The maximum Gasteiger partial charge on any atom is 0.329 e. The van der Waals surface area contributed by atoms with Gasteiger partial charge in [0.15, 0.2) is 0 Å². The fourth-order valence-corrected chi connectivity index (χ4v) is 2.18. The molecule has 0 radical (unpaired) electrons. The Kier molecular flexibility index (Phi) is 6.40. The zero-order chi connectivity index (χ0) is 15.0. The lowest BCUT2D eigenvalue weighted by atomic mass is 10.3. The van der Waals surface area contributed by atoms with Crippen LogP contribution in [0.25, 0.3) is 0 Å². The van der Waals surface area contributed by atoms with Gasteiger partial charge in [-0.05, 0) is 18.6 Å². The number of carbonyl (C=O) groups excluding carboxylic acids is 1. The highest BCUT2D eigenvalue weighted by Crippen LogP contribution is 2.02. The number of urea groups is 1. The largest absolute Gasteiger partial charge is 0.337 e. The van der Waals surface area contributed by atoms with Crippen LogP contribution in [0.4, 0.5) is 4.79 Å². The minimum atomic E-state index is -3.86. The van der Waals surface area contributed by atoms with Crippen LogP contribution in [0.2, 0.25) is 0 Å². The molecule has 7 nitrogen and oxygen atoms in total. The molecule has 1 rings (SSSR count). The van der Waals surface area contributed by atoms with E-state index in [0.717, 1.165) is 17.1 Å². The van der Waals surface area contributed by atoms with E-state index in [-0.39, 0.29) is 6.54 Å². The van der Waals surface area contributed by atoms with Crippen LogP contribution in [0, 0.1) is 0 Å². The second-order valence-corrected chi connectivity index (χ2v) is 6.07. The number of pyridine rings is 1. The molecule has 1 heterocycles. The number of unbranched alkanes of at least 4 members (excludes halogenated alkanes) is 1. The summed E-state index contributed by atoms with van der Waals surface area (Å²) in [5.41, 5.74) is 0.603. The van der Waals surface area contributed by atoms with E-state index in [1.807, 2.05) is 11.6 Å². The summed E-state index contributed by atoms with van der Waals surface area (Å²) < 4.78 is 26.8. The SMILES string of the molecule is CCCCNC(=O)NS(=O)(=O)N(C)Cc1ccccn1. The number of aromatic nitrogens is 1. The Bertz CT molecular complexity index is 519. The number of rotatable bonds is 7. The normalized spacial score (nSPS) is 11.3. The van der Waals surface area contributed by atoms with Crippen LogP contribution in [-0.4, -0.2) is 37.3 Å². The number of hydrogen-bond acceptors (Lipinski definition) is 4. The summed E-state index contributed by atoms with van der Waals surface area (Å²) in [6, 6.07) is 4.52. The quantitative estimate of drug-likeness (QED) is 0.731. The van der Waals surface area contributed by atoms with Gasteiger partial charge in [-0.15, -0.1) is 0 Å². The average Bonchev–Trinajstić information content (AvgIpc) is 2.39. The van der Waals surface area contributed by atoms with Crippen molar-refractivity contribution in [3.8, 4) is 0 Å². The van der Waals surface area contributed by atoms with Gasteiger partial charge in [-0.1, -0.05) is 19.4 Å². The first-order chi connectivity index (χ1) is 9.45. The molecule has 0 spiro atoms. The maximum absolute atomic E-state index is 11.9. The van der Waals surface area contributed by atoms with E-state index in [9.17, 15) is 13.2 Å². The van der Waals surface area contributed by atoms with E-state index in [1.165, 1.54) is 7.05 Å². The Morgan fingerprint density at radius 2 is 2.15 bits per heavy atom. The van der Waals surface area contributed by atoms with Gasteiger partial charge in [-0.3, -0.25) is 4.98 Å².